The van der Waals surface area contributed by atoms with Crippen LogP contribution in [-0.2, 0) is 0 Å². The summed E-state index contributed by atoms with van der Waals surface area (Å²) in [6, 6.07) is 6.98. The standard InChI is InChI=1S/C12H16ClF2NO2/c13-10-3-1-2-4-11(10)18-8-6-16(5-7-17)9-12(14)15/h1-4,12,17H,5-9H2. The van der Waals surface area contributed by atoms with Crippen LogP contribution in [0.4, 0.5) is 8.78 Å². The Morgan fingerprint density at radius 2 is 2.00 bits per heavy atom. The van der Waals surface area contributed by atoms with E-state index < -0.39 is 6.43 Å². The fourth-order valence-electron chi connectivity index (χ4n) is 1.48. The number of rotatable bonds is 8. The molecule has 0 radical (unpaired) electrons. The number of hydrogen-bond donors (Lipinski definition) is 1. The normalized spacial score (nSPS) is 11.2. The molecule has 1 rings (SSSR count). The molecule has 0 saturated carbocycles. The molecule has 0 fully saturated rings. The van der Waals surface area contributed by atoms with Gasteiger partial charge in [-0.1, -0.05) is 23.7 Å². The Hall–Kier alpha value is -0.910. The molecule has 0 heterocycles. The second-order valence-electron chi connectivity index (χ2n) is 3.69. The van der Waals surface area contributed by atoms with Crippen molar-refractivity contribution < 1.29 is 18.6 Å². The Kier molecular flexibility index (Phi) is 6.93. The number of nitrogens with zero attached hydrogens (tertiary/aromatic N) is 1. The van der Waals surface area contributed by atoms with Crippen LogP contribution in [0.5, 0.6) is 5.75 Å². The molecular formula is C12H16ClF2NO2. The van der Waals surface area contributed by atoms with Gasteiger partial charge in [-0.3, -0.25) is 4.90 Å². The van der Waals surface area contributed by atoms with Crippen LogP contribution in [0.2, 0.25) is 5.02 Å². The Bertz CT molecular complexity index is 353. The van der Waals surface area contributed by atoms with E-state index in [1.807, 2.05) is 0 Å². The van der Waals surface area contributed by atoms with Crippen LogP contribution in [0, 0.1) is 0 Å². The lowest BCUT2D eigenvalue weighted by Gasteiger charge is -2.20. The van der Waals surface area contributed by atoms with Gasteiger partial charge in [0.05, 0.1) is 18.2 Å². The first-order chi connectivity index (χ1) is 8.63. The summed E-state index contributed by atoms with van der Waals surface area (Å²) in [5.41, 5.74) is 0. The Labute approximate surface area is 110 Å². The van der Waals surface area contributed by atoms with Gasteiger partial charge in [0.2, 0.25) is 0 Å². The monoisotopic (exact) mass is 279 g/mol. The van der Waals surface area contributed by atoms with E-state index in [1.54, 1.807) is 24.3 Å². The SMILES string of the molecule is OCCN(CCOc1ccccc1Cl)CC(F)F. The third-order valence-electron chi connectivity index (χ3n) is 2.31. The van der Waals surface area contributed by atoms with Crippen molar-refractivity contribution in [3.63, 3.8) is 0 Å². The topological polar surface area (TPSA) is 32.7 Å². The van der Waals surface area contributed by atoms with Gasteiger partial charge in [0.15, 0.2) is 0 Å². The van der Waals surface area contributed by atoms with Crippen molar-refractivity contribution in [2.24, 2.45) is 0 Å². The minimum Gasteiger partial charge on any atom is -0.491 e. The molecule has 18 heavy (non-hydrogen) atoms. The van der Waals surface area contributed by atoms with Gasteiger partial charge in [-0.2, -0.15) is 0 Å². The highest BCUT2D eigenvalue weighted by atomic mass is 35.5. The quantitative estimate of drug-likeness (QED) is 0.792. The van der Waals surface area contributed by atoms with Gasteiger partial charge in [0.25, 0.3) is 6.43 Å². The first kappa shape index (κ1) is 15.1. The summed E-state index contributed by atoms with van der Waals surface area (Å²) in [5.74, 6) is 0.528. The summed E-state index contributed by atoms with van der Waals surface area (Å²) >= 11 is 5.89. The van der Waals surface area contributed by atoms with Gasteiger partial charge >= 0.3 is 0 Å². The maximum absolute atomic E-state index is 12.2. The zero-order chi connectivity index (χ0) is 13.4. The van der Waals surface area contributed by atoms with E-state index in [0.717, 1.165) is 0 Å². The van der Waals surface area contributed by atoms with E-state index in [-0.39, 0.29) is 26.3 Å². The highest BCUT2D eigenvalue weighted by molar-refractivity contribution is 6.32. The van der Waals surface area contributed by atoms with Crippen LogP contribution < -0.4 is 4.74 Å². The molecule has 0 unspecified atom stereocenters. The first-order valence-electron chi connectivity index (χ1n) is 5.62. The molecule has 102 valence electrons. The number of aliphatic hydroxyl groups excluding tert-OH is 1. The number of halogens is 3. The predicted octanol–water partition coefficient (Wildman–Crippen LogP) is 2.28. The van der Waals surface area contributed by atoms with Crippen LogP contribution in [0.15, 0.2) is 24.3 Å². The third-order valence-corrected chi connectivity index (χ3v) is 2.63. The Morgan fingerprint density at radius 1 is 1.28 bits per heavy atom. The lowest BCUT2D eigenvalue weighted by atomic mass is 10.3. The largest absolute Gasteiger partial charge is 0.491 e. The maximum Gasteiger partial charge on any atom is 0.251 e. The molecule has 0 bridgehead atoms. The molecule has 0 aliphatic rings. The van der Waals surface area contributed by atoms with Crippen LogP contribution in [0.3, 0.4) is 0 Å². The number of para-hydroxylation sites is 1. The van der Waals surface area contributed by atoms with Crippen LogP contribution >= 0.6 is 11.6 Å². The molecule has 0 aromatic heterocycles. The molecule has 3 nitrogen and oxygen atoms in total. The first-order valence-corrected chi connectivity index (χ1v) is 6.00. The molecule has 0 saturated heterocycles. The van der Waals surface area contributed by atoms with Crippen molar-refractivity contribution in [2.75, 3.05) is 32.8 Å². The van der Waals surface area contributed by atoms with Gasteiger partial charge in [-0.05, 0) is 12.1 Å². The lowest BCUT2D eigenvalue weighted by molar-refractivity contribution is 0.0709. The third kappa shape index (κ3) is 5.62. The van der Waals surface area contributed by atoms with E-state index >= 15 is 0 Å². The zero-order valence-corrected chi connectivity index (χ0v) is 10.6. The molecule has 1 aromatic carbocycles. The molecular weight excluding hydrogens is 264 g/mol. The van der Waals surface area contributed by atoms with Crippen molar-refractivity contribution in [3.05, 3.63) is 29.3 Å². The number of hydrogen-bond acceptors (Lipinski definition) is 3. The minimum absolute atomic E-state index is 0.154. The van der Waals surface area contributed by atoms with E-state index in [2.05, 4.69) is 0 Å². The molecule has 6 heteroatoms. The summed E-state index contributed by atoms with van der Waals surface area (Å²) in [4.78, 5) is 1.45. The molecule has 0 amide bonds. The van der Waals surface area contributed by atoms with E-state index in [4.69, 9.17) is 21.4 Å². The van der Waals surface area contributed by atoms with Gasteiger partial charge < -0.3 is 9.84 Å². The Balaban J connectivity index is 2.36. The lowest BCUT2D eigenvalue weighted by Crippen LogP contribution is -2.35. The summed E-state index contributed by atoms with van der Waals surface area (Å²) in [5, 5.41) is 9.25. The summed E-state index contributed by atoms with van der Waals surface area (Å²) in [6.45, 7) is 0.244. The summed E-state index contributed by atoms with van der Waals surface area (Å²) in [6.07, 6.45) is -2.42. The van der Waals surface area contributed by atoms with Gasteiger partial charge in [-0.15, -0.1) is 0 Å². The second kappa shape index (κ2) is 8.24. The summed E-state index contributed by atoms with van der Waals surface area (Å²) < 4.78 is 29.9. The highest BCUT2D eigenvalue weighted by Crippen LogP contribution is 2.22. The summed E-state index contributed by atoms with van der Waals surface area (Å²) in [7, 11) is 0. The van der Waals surface area contributed by atoms with E-state index in [9.17, 15) is 8.78 Å². The molecule has 0 aliphatic carbocycles. The molecule has 0 aliphatic heterocycles. The average molecular weight is 280 g/mol. The van der Waals surface area contributed by atoms with Crippen LogP contribution in [-0.4, -0.2) is 49.3 Å². The van der Waals surface area contributed by atoms with Gasteiger partial charge in [-0.25, -0.2) is 8.78 Å². The van der Waals surface area contributed by atoms with E-state index in [1.165, 1.54) is 4.90 Å². The van der Waals surface area contributed by atoms with Crippen molar-refractivity contribution in [1.82, 2.24) is 4.90 Å². The molecule has 1 N–H and O–H groups in total. The number of ether oxygens (including phenoxy) is 1. The fourth-order valence-corrected chi connectivity index (χ4v) is 1.67. The van der Waals surface area contributed by atoms with Crippen molar-refractivity contribution in [1.29, 1.82) is 0 Å². The van der Waals surface area contributed by atoms with Crippen molar-refractivity contribution >= 4 is 11.6 Å². The molecule has 0 spiro atoms. The van der Waals surface area contributed by atoms with Crippen LogP contribution in [0.1, 0.15) is 0 Å². The highest BCUT2D eigenvalue weighted by Gasteiger charge is 2.11. The Morgan fingerprint density at radius 3 is 2.61 bits per heavy atom. The zero-order valence-electron chi connectivity index (χ0n) is 9.86. The van der Waals surface area contributed by atoms with E-state index in [0.29, 0.717) is 17.3 Å². The second-order valence-corrected chi connectivity index (χ2v) is 4.10. The fraction of sp³-hybridized carbons (Fsp3) is 0.500. The smallest absolute Gasteiger partial charge is 0.251 e. The maximum atomic E-state index is 12.2. The van der Waals surface area contributed by atoms with Crippen molar-refractivity contribution in [2.45, 2.75) is 6.43 Å². The predicted molar refractivity (Wildman–Crippen MR) is 66.5 cm³/mol. The number of aliphatic hydroxyl groups is 1. The number of benzene rings is 1. The van der Waals surface area contributed by atoms with Crippen LogP contribution in [0.25, 0.3) is 0 Å². The number of alkyl halides is 2. The molecule has 0 atom stereocenters. The van der Waals surface area contributed by atoms with Gasteiger partial charge in [0.1, 0.15) is 12.4 Å². The van der Waals surface area contributed by atoms with Crippen molar-refractivity contribution in [3.8, 4) is 5.75 Å². The average Bonchev–Trinajstić information content (AvgIpc) is 2.31. The molecule has 1 aromatic rings. The minimum atomic E-state index is -2.42. The van der Waals surface area contributed by atoms with Gasteiger partial charge in [0, 0.05) is 13.1 Å².